The van der Waals surface area contributed by atoms with Crippen LogP contribution in [0.5, 0.6) is 0 Å². The molecule has 1 unspecified atom stereocenters. The van der Waals surface area contributed by atoms with Crippen molar-refractivity contribution in [1.29, 1.82) is 0 Å². The Morgan fingerprint density at radius 2 is 0.922 bits per heavy atom. The van der Waals surface area contributed by atoms with Crippen LogP contribution in [0, 0.1) is 0 Å². The van der Waals surface area contributed by atoms with E-state index in [1.807, 2.05) is 0 Å². The van der Waals surface area contributed by atoms with Crippen LogP contribution in [0.4, 0.5) is 0 Å². The van der Waals surface area contributed by atoms with Gasteiger partial charge in [0.15, 0.2) is 0 Å². The second-order valence-corrected chi connectivity index (χ2v) is 13.3. The first kappa shape index (κ1) is 29.3. The monoisotopic (exact) mass is 654 g/mol. The summed E-state index contributed by atoms with van der Waals surface area (Å²) < 4.78 is 4.71. The van der Waals surface area contributed by atoms with Crippen molar-refractivity contribution in [3.8, 4) is 16.8 Å². The highest BCUT2D eigenvalue weighted by Crippen LogP contribution is 2.39. The molecule has 2 aromatic heterocycles. The number of hydrogen-bond acceptors (Lipinski definition) is 2. The Hall–Kier alpha value is -6.65. The summed E-state index contributed by atoms with van der Waals surface area (Å²) in [4.78, 5) is 7.69. The summed E-state index contributed by atoms with van der Waals surface area (Å²) in [5.41, 5.74) is 11.6. The molecule has 9 aromatic rings. The second kappa shape index (κ2) is 11.7. The van der Waals surface area contributed by atoms with Crippen LogP contribution in [0.3, 0.4) is 0 Å². The van der Waals surface area contributed by atoms with Gasteiger partial charge in [-0.15, -0.1) is 0 Å². The fraction of sp³-hybridized carbons (Fsp3) is 0.0426. The van der Waals surface area contributed by atoms with Gasteiger partial charge in [-0.25, -0.2) is 4.99 Å². The van der Waals surface area contributed by atoms with Crippen LogP contribution >= 0.6 is 0 Å². The molecule has 0 saturated heterocycles. The summed E-state index contributed by atoms with van der Waals surface area (Å²) in [6.07, 6.45) is 2.28. The lowest BCUT2D eigenvalue weighted by Crippen LogP contribution is -2.37. The Bertz CT molecular complexity index is 2810. The number of benzene rings is 7. The number of nitrogens with zero attached hydrogens (tertiary/aromatic N) is 4. The van der Waals surface area contributed by atoms with Crippen LogP contribution in [0.2, 0.25) is 0 Å². The molecule has 51 heavy (non-hydrogen) atoms. The fourth-order valence-electron chi connectivity index (χ4n) is 7.93. The fourth-order valence-corrected chi connectivity index (χ4v) is 7.93. The minimum absolute atomic E-state index is 0.0223. The average molecular weight is 655 g/mol. The molecule has 1 aliphatic rings. The van der Waals surface area contributed by atoms with E-state index in [0.29, 0.717) is 0 Å². The van der Waals surface area contributed by atoms with Crippen LogP contribution in [-0.4, -0.2) is 27.0 Å². The van der Waals surface area contributed by atoms with Crippen molar-refractivity contribution in [2.75, 3.05) is 7.05 Å². The molecule has 4 heteroatoms. The molecule has 0 amide bonds. The van der Waals surface area contributed by atoms with Crippen LogP contribution < -0.4 is 0 Å². The second-order valence-electron chi connectivity index (χ2n) is 13.3. The van der Waals surface area contributed by atoms with E-state index in [4.69, 9.17) is 4.99 Å². The van der Waals surface area contributed by atoms with Crippen molar-refractivity contribution in [1.82, 2.24) is 14.0 Å². The standard InChI is InChI=1S/C47H34N4/c1-49-46(33-17-7-3-8-18-33)31-41(32-15-5-2-6-16-32)48-47(49)51-43-24-14-12-22-38(43)40-30-35(26-28-45(40)51)34-25-27-44-39(29-34)37-21-11-13-23-42(37)50(44)36-19-9-4-10-20-36/h2-31,46H,1H3. The summed E-state index contributed by atoms with van der Waals surface area (Å²) in [6, 6.07) is 63.1. The molecule has 1 aliphatic heterocycles. The third-order valence-electron chi connectivity index (χ3n) is 10.4. The zero-order valence-corrected chi connectivity index (χ0v) is 28.2. The maximum atomic E-state index is 5.39. The molecule has 3 heterocycles. The highest BCUT2D eigenvalue weighted by Gasteiger charge is 2.28. The van der Waals surface area contributed by atoms with Crippen LogP contribution in [0.1, 0.15) is 17.2 Å². The van der Waals surface area contributed by atoms with Gasteiger partial charge in [-0.2, -0.15) is 0 Å². The van der Waals surface area contributed by atoms with E-state index in [0.717, 1.165) is 28.3 Å². The zero-order valence-electron chi connectivity index (χ0n) is 28.2. The summed E-state index contributed by atoms with van der Waals surface area (Å²) in [5, 5.41) is 4.92. The molecule has 0 aliphatic carbocycles. The zero-order chi connectivity index (χ0) is 33.9. The van der Waals surface area contributed by atoms with E-state index in [1.54, 1.807) is 0 Å². The average Bonchev–Trinajstić information content (AvgIpc) is 3.71. The lowest BCUT2D eigenvalue weighted by Gasteiger charge is -2.34. The minimum Gasteiger partial charge on any atom is -0.334 e. The van der Waals surface area contributed by atoms with Gasteiger partial charge in [0.1, 0.15) is 0 Å². The Morgan fingerprint density at radius 3 is 1.55 bits per heavy atom. The molecule has 0 bridgehead atoms. The van der Waals surface area contributed by atoms with Gasteiger partial charge in [0.25, 0.3) is 0 Å². The van der Waals surface area contributed by atoms with Gasteiger partial charge in [0.05, 0.1) is 33.8 Å². The van der Waals surface area contributed by atoms with Crippen molar-refractivity contribution >= 4 is 55.3 Å². The van der Waals surface area contributed by atoms with Gasteiger partial charge in [-0.1, -0.05) is 127 Å². The molecular weight excluding hydrogens is 621 g/mol. The van der Waals surface area contributed by atoms with Crippen molar-refractivity contribution in [3.63, 3.8) is 0 Å². The molecule has 0 radical (unpaired) electrons. The minimum atomic E-state index is 0.0223. The molecule has 4 nitrogen and oxygen atoms in total. The van der Waals surface area contributed by atoms with Crippen molar-refractivity contribution in [2.24, 2.45) is 4.99 Å². The van der Waals surface area contributed by atoms with Crippen molar-refractivity contribution in [2.45, 2.75) is 6.04 Å². The van der Waals surface area contributed by atoms with Crippen LogP contribution in [-0.2, 0) is 0 Å². The largest absolute Gasteiger partial charge is 0.334 e. The lowest BCUT2D eigenvalue weighted by molar-refractivity contribution is 0.422. The molecule has 0 N–H and O–H groups in total. The molecule has 0 spiro atoms. The molecule has 0 fully saturated rings. The maximum Gasteiger partial charge on any atom is 0.211 e. The normalized spacial score (nSPS) is 14.8. The molecule has 1 atom stereocenters. The lowest BCUT2D eigenvalue weighted by atomic mass is 10.0. The molecule has 0 saturated carbocycles. The highest BCUT2D eigenvalue weighted by molar-refractivity contribution is 6.16. The first-order chi connectivity index (χ1) is 25.2. The number of fused-ring (bicyclic) bond motifs is 6. The quantitative estimate of drug-likeness (QED) is 0.185. The Balaban J connectivity index is 1.15. The predicted octanol–water partition coefficient (Wildman–Crippen LogP) is 11.5. The topological polar surface area (TPSA) is 25.5 Å². The van der Waals surface area contributed by atoms with E-state index in [2.05, 4.69) is 203 Å². The van der Waals surface area contributed by atoms with Crippen LogP contribution in [0.15, 0.2) is 187 Å². The number of rotatable bonds is 4. The Kier molecular flexibility index (Phi) is 6.75. The van der Waals surface area contributed by atoms with Gasteiger partial charge in [-0.3, -0.25) is 4.57 Å². The van der Waals surface area contributed by atoms with Crippen LogP contribution in [0.25, 0.3) is 66.1 Å². The number of likely N-dealkylation sites (N-methyl/N-ethyl adjacent to an activating group) is 1. The Morgan fingerprint density at radius 1 is 0.431 bits per heavy atom. The van der Waals surface area contributed by atoms with E-state index in [1.165, 1.54) is 55.0 Å². The third-order valence-corrected chi connectivity index (χ3v) is 10.4. The summed E-state index contributed by atoms with van der Waals surface area (Å²) in [5.74, 6) is 0.902. The van der Waals surface area contributed by atoms with Crippen molar-refractivity contribution < 1.29 is 0 Å². The van der Waals surface area contributed by atoms with Gasteiger partial charge in [0, 0.05) is 39.8 Å². The summed E-state index contributed by atoms with van der Waals surface area (Å²) in [6.45, 7) is 0. The SMILES string of the molecule is CN1C(n2c3ccccc3c3cc(-c4ccc5c(c4)c4ccccc4n5-c4ccccc4)ccc32)=NC(c2ccccc2)=CC1c1ccccc1. The van der Waals surface area contributed by atoms with E-state index < -0.39 is 0 Å². The summed E-state index contributed by atoms with van der Waals surface area (Å²) in [7, 11) is 2.16. The smallest absolute Gasteiger partial charge is 0.211 e. The first-order valence-corrected chi connectivity index (χ1v) is 17.5. The van der Waals surface area contributed by atoms with Gasteiger partial charge in [-0.05, 0) is 71.3 Å². The number of aromatic nitrogens is 2. The first-order valence-electron chi connectivity index (χ1n) is 17.5. The van der Waals surface area contributed by atoms with Gasteiger partial charge in [0.2, 0.25) is 5.96 Å². The van der Waals surface area contributed by atoms with Gasteiger partial charge >= 0.3 is 0 Å². The summed E-state index contributed by atoms with van der Waals surface area (Å²) >= 11 is 0. The number of aliphatic imine (C=N–C) groups is 1. The molecule has 242 valence electrons. The molecular formula is C47H34N4. The molecule has 10 rings (SSSR count). The predicted molar refractivity (Wildman–Crippen MR) is 213 cm³/mol. The number of hydrogen-bond donors (Lipinski definition) is 0. The number of para-hydroxylation sites is 3. The maximum absolute atomic E-state index is 5.39. The van der Waals surface area contributed by atoms with E-state index >= 15 is 0 Å². The third kappa shape index (κ3) is 4.72. The van der Waals surface area contributed by atoms with E-state index in [-0.39, 0.29) is 6.04 Å². The Labute approximate surface area is 296 Å². The van der Waals surface area contributed by atoms with Gasteiger partial charge < -0.3 is 9.47 Å². The highest BCUT2D eigenvalue weighted by atomic mass is 15.3. The van der Waals surface area contributed by atoms with E-state index in [9.17, 15) is 0 Å². The molecule has 7 aromatic carbocycles. The van der Waals surface area contributed by atoms with Crippen molar-refractivity contribution in [3.05, 3.63) is 193 Å².